The summed E-state index contributed by atoms with van der Waals surface area (Å²) in [6, 6.07) is 18.6. The quantitative estimate of drug-likeness (QED) is 0.327. The lowest BCUT2D eigenvalue weighted by Gasteiger charge is -2.07. The highest BCUT2D eigenvalue weighted by Crippen LogP contribution is 2.27. The van der Waals surface area contributed by atoms with E-state index in [1.807, 2.05) is 36.4 Å². The van der Waals surface area contributed by atoms with Gasteiger partial charge in [0.2, 0.25) is 0 Å². The monoisotopic (exact) mass is 366 g/mol. The van der Waals surface area contributed by atoms with Crippen LogP contribution in [0.15, 0.2) is 73.3 Å². The largest absolute Gasteiger partial charge is 0.490 e. The highest BCUT2D eigenvalue weighted by molar-refractivity contribution is 7.15. The van der Waals surface area contributed by atoms with E-state index in [0.29, 0.717) is 22.3 Å². The number of hydrogen-bond donors (Lipinski definition) is 0. The smallest absolute Gasteiger partial charge is 0.353 e. The SMILES string of the molecule is C=CCOc1ccc(-c2ccc(OC(=O)c3ccc(OC)s3)cc2)cc1. The van der Waals surface area contributed by atoms with Gasteiger partial charge in [0, 0.05) is 0 Å². The van der Waals surface area contributed by atoms with Crippen LogP contribution in [0.1, 0.15) is 9.67 Å². The van der Waals surface area contributed by atoms with Crippen molar-refractivity contribution in [3.63, 3.8) is 0 Å². The van der Waals surface area contributed by atoms with E-state index in [2.05, 4.69) is 6.58 Å². The Morgan fingerprint density at radius 2 is 1.58 bits per heavy atom. The zero-order valence-electron chi connectivity index (χ0n) is 14.3. The van der Waals surface area contributed by atoms with Gasteiger partial charge in [-0.3, -0.25) is 0 Å². The molecule has 0 fully saturated rings. The molecule has 1 heterocycles. The van der Waals surface area contributed by atoms with Crippen LogP contribution in [0.2, 0.25) is 0 Å². The normalized spacial score (nSPS) is 10.2. The van der Waals surface area contributed by atoms with E-state index in [9.17, 15) is 4.79 Å². The molecule has 2 aromatic carbocycles. The van der Waals surface area contributed by atoms with Gasteiger partial charge >= 0.3 is 5.97 Å². The number of carbonyl (C=O) groups excluding carboxylic acids is 1. The average molecular weight is 366 g/mol. The summed E-state index contributed by atoms with van der Waals surface area (Å²) in [6.45, 7) is 4.11. The summed E-state index contributed by atoms with van der Waals surface area (Å²) in [6.07, 6.45) is 1.71. The number of rotatable bonds is 7. The maximum Gasteiger partial charge on any atom is 0.353 e. The molecule has 0 aliphatic heterocycles. The van der Waals surface area contributed by atoms with Gasteiger partial charge in [-0.15, -0.1) is 0 Å². The van der Waals surface area contributed by atoms with Crippen LogP contribution in [-0.4, -0.2) is 19.7 Å². The Bertz CT molecular complexity index is 879. The predicted octanol–water partition coefficient (Wildman–Crippen LogP) is 5.21. The summed E-state index contributed by atoms with van der Waals surface area (Å²) in [4.78, 5) is 12.6. The summed E-state index contributed by atoms with van der Waals surface area (Å²) < 4.78 is 16.0. The van der Waals surface area contributed by atoms with E-state index in [4.69, 9.17) is 14.2 Å². The van der Waals surface area contributed by atoms with Crippen molar-refractivity contribution in [3.8, 4) is 27.7 Å². The number of methoxy groups -OCH3 is 1. The predicted molar refractivity (Wildman–Crippen MR) is 103 cm³/mol. The fraction of sp³-hybridized carbons (Fsp3) is 0.0952. The Morgan fingerprint density at radius 3 is 2.12 bits per heavy atom. The van der Waals surface area contributed by atoms with Crippen molar-refractivity contribution < 1.29 is 19.0 Å². The molecule has 0 N–H and O–H groups in total. The summed E-state index contributed by atoms with van der Waals surface area (Å²) >= 11 is 1.25. The molecule has 4 nitrogen and oxygen atoms in total. The van der Waals surface area contributed by atoms with Crippen molar-refractivity contribution in [2.75, 3.05) is 13.7 Å². The van der Waals surface area contributed by atoms with Gasteiger partial charge in [-0.2, -0.15) is 0 Å². The van der Waals surface area contributed by atoms with E-state index >= 15 is 0 Å². The van der Waals surface area contributed by atoms with Crippen molar-refractivity contribution in [1.82, 2.24) is 0 Å². The number of carbonyl (C=O) groups is 1. The van der Waals surface area contributed by atoms with E-state index in [-0.39, 0.29) is 0 Å². The minimum Gasteiger partial charge on any atom is -0.490 e. The van der Waals surface area contributed by atoms with Crippen molar-refractivity contribution in [1.29, 1.82) is 0 Å². The van der Waals surface area contributed by atoms with Crippen LogP contribution in [0.5, 0.6) is 16.6 Å². The van der Waals surface area contributed by atoms with Crippen LogP contribution in [-0.2, 0) is 0 Å². The van der Waals surface area contributed by atoms with Crippen LogP contribution in [0.25, 0.3) is 11.1 Å². The molecule has 26 heavy (non-hydrogen) atoms. The summed E-state index contributed by atoms with van der Waals surface area (Å²) in [5.41, 5.74) is 2.08. The topological polar surface area (TPSA) is 44.8 Å². The molecular weight excluding hydrogens is 348 g/mol. The van der Waals surface area contributed by atoms with Crippen molar-refractivity contribution >= 4 is 17.3 Å². The van der Waals surface area contributed by atoms with E-state index in [0.717, 1.165) is 16.9 Å². The number of esters is 1. The van der Waals surface area contributed by atoms with Crippen LogP contribution in [0.3, 0.4) is 0 Å². The molecular formula is C21H18O4S. The molecule has 1 aromatic heterocycles. The van der Waals surface area contributed by atoms with Crippen molar-refractivity contribution in [2.24, 2.45) is 0 Å². The molecule has 0 bridgehead atoms. The third kappa shape index (κ3) is 4.32. The van der Waals surface area contributed by atoms with E-state index < -0.39 is 5.97 Å². The lowest BCUT2D eigenvalue weighted by atomic mass is 10.1. The van der Waals surface area contributed by atoms with E-state index in [1.54, 1.807) is 37.5 Å². The first kappa shape index (κ1) is 17.8. The molecule has 0 atom stereocenters. The molecule has 0 saturated carbocycles. The molecule has 132 valence electrons. The molecule has 3 rings (SSSR count). The van der Waals surface area contributed by atoms with Crippen LogP contribution in [0, 0.1) is 0 Å². The van der Waals surface area contributed by atoms with Crippen LogP contribution in [0.4, 0.5) is 0 Å². The minimum atomic E-state index is -0.394. The standard InChI is InChI=1S/C21H18O4S/c1-3-14-24-17-8-4-15(5-9-17)16-6-10-18(11-7-16)25-21(22)19-12-13-20(23-2)26-19/h3-13H,1,14H2,2H3. The maximum absolute atomic E-state index is 12.1. The third-order valence-electron chi connectivity index (χ3n) is 3.60. The lowest BCUT2D eigenvalue weighted by Crippen LogP contribution is -2.06. The zero-order valence-corrected chi connectivity index (χ0v) is 15.1. The first-order chi connectivity index (χ1) is 12.7. The first-order valence-corrected chi connectivity index (χ1v) is 8.81. The highest BCUT2D eigenvalue weighted by atomic mass is 32.1. The molecule has 0 unspecified atom stereocenters. The van der Waals surface area contributed by atoms with Gasteiger partial charge in [0.25, 0.3) is 0 Å². The summed E-state index contributed by atoms with van der Waals surface area (Å²) in [5, 5.41) is 0.674. The Kier molecular flexibility index (Phi) is 5.71. The Labute approximate surface area is 156 Å². The molecule has 0 radical (unpaired) electrons. The fourth-order valence-corrected chi connectivity index (χ4v) is 3.01. The minimum absolute atomic E-state index is 0.394. The fourth-order valence-electron chi connectivity index (χ4n) is 2.31. The molecule has 0 saturated heterocycles. The Balaban J connectivity index is 1.66. The molecule has 5 heteroatoms. The van der Waals surface area contributed by atoms with Gasteiger partial charge < -0.3 is 14.2 Å². The summed E-state index contributed by atoms with van der Waals surface area (Å²) in [7, 11) is 1.57. The second kappa shape index (κ2) is 8.36. The third-order valence-corrected chi connectivity index (χ3v) is 4.63. The maximum atomic E-state index is 12.1. The summed E-state index contributed by atoms with van der Waals surface area (Å²) in [5.74, 6) is 0.900. The van der Waals surface area contributed by atoms with Gasteiger partial charge in [0.05, 0.1) is 7.11 Å². The molecule has 0 aliphatic rings. The van der Waals surface area contributed by atoms with Gasteiger partial charge in [-0.1, -0.05) is 48.3 Å². The van der Waals surface area contributed by atoms with Crippen molar-refractivity contribution in [2.45, 2.75) is 0 Å². The Morgan fingerprint density at radius 1 is 0.962 bits per heavy atom. The number of ether oxygens (including phenoxy) is 3. The second-order valence-corrected chi connectivity index (χ2v) is 6.41. The second-order valence-electron chi connectivity index (χ2n) is 5.36. The van der Waals surface area contributed by atoms with Gasteiger partial charge in [-0.25, -0.2) is 4.79 Å². The molecule has 0 amide bonds. The van der Waals surface area contributed by atoms with Crippen molar-refractivity contribution in [3.05, 3.63) is 78.2 Å². The van der Waals surface area contributed by atoms with Crippen LogP contribution >= 0.6 is 11.3 Å². The Hall–Kier alpha value is -3.05. The van der Waals surface area contributed by atoms with Gasteiger partial charge in [0.1, 0.15) is 23.0 Å². The number of thiophene rings is 1. The molecule has 0 spiro atoms. The van der Waals surface area contributed by atoms with Crippen LogP contribution < -0.4 is 14.2 Å². The first-order valence-electron chi connectivity index (χ1n) is 8.00. The van der Waals surface area contributed by atoms with Gasteiger partial charge in [0.15, 0.2) is 5.06 Å². The molecule has 3 aromatic rings. The van der Waals surface area contributed by atoms with E-state index in [1.165, 1.54) is 11.3 Å². The zero-order chi connectivity index (χ0) is 18.4. The van der Waals surface area contributed by atoms with Gasteiger partial charge in [-0.05, 0) is 47.5 Å². The average Bonchev–Trinajstić information content (AvgIpc) is 3.17. The molecule has 0 aliphatic carbocycles. The number of benzene rings is 2. The lowest BCUT2D eigenvalue weighted by molar-refractivity contribution is 0.0740. The number of hydrogen-bond acceptors (Lipinski definition) is 5. The highest BCUT2D eigenvalue weighted by Gasteiger charge is 2.12.